The Bertz CT molecular complexity index is 1460. The second-order valence-corrected chi connectivity index (χ2v) is 8.97. The second kappa shape index (κ2) is 9.40. The monoisotopic (exact) mass is 471 g/mol. The molecule has 8 nitrogen and oxygen atoms in total. The van der Waals surface area contributed by atoms with Crippen molar-refractivity contribution in [3.05, 3.63) is 94.1 Å². The Morgan fingerprint density at radius 2 is 1.85 bits per heavy atom. The molecule has 9 heteroatoms. The number of benzene rings is 2. The third-order valence-electron chi connectivity index (χ3n) is 5.18. The van der Waals surface area contributed by atoms with Crippen LogP contribution in [0.1, 0.15) is 30.3 Å². The van der Waals surface area contributed by atoms with Gasteiger partial charge >= 0.3 is 0 Å². The first-order valence-electron chi connectivity index (χ1n) is 10.7. The SMILES string of the molecule is CC(C)c1nnc(-c2ccc(Oc3cc(-c4ncno4)ccc3Cn3ccccc3=O)cc2)s1. The Labute approximate surface area is 199 Å². The molecular formula is C25H21N5O3S. The molecule has 0 aliphatic carbocycles. The molecule has 0 amide bonds. The largest absolute Gasteiger partial charge is 0.457 e. The molecule has 3 heterocycles. The number of pyridine rings is 1. The van der Waals surface area contributed by atoms with E-state index in [1.165, 1.54) is 12.4 Å². The number of aromatic nitrogens is 5. The number of ether oxygens (including phenoxy) is 1. The van der Waals surface area contributed by atoms with Crippen molar-refractivity contribution in [2.24, 2.45) is 0 Å². The van der Waals surface area contributed by atoms with Gasteiger partial charge in [0.1, 0.15) is 21.5 Å². The molecule has 3 aromatic heterocycles. The van der Waals surface area contributed by atoms with Gasteiger partial charge in [-0.05, 0) is 42.5 Å². The zero-order chi connectivity index (χ0) is 23.5. The molecule has 5 aromatic rings. The third kappa shape index (κ3) is 4.65. The fourth-order valence-electron chi connectivity index (χ4n) is 3.37. The molecule has 0 saturated heterocycles. The van der Waals surface area contributed by atoms with Gasteiger partial charge in [-0.25, -0.2) is 0 Å². The molecule has 0 fully saturated rings. The van der Waals surface area contributed by atoms with Gasteiger partial charge in [0, 0.05) is 34.9 Å². The molecule has 2 aromatic carbocycles. The maximum absolute atomic E-state index is 12.2. The minimum atomic E-state index is -0.0865. The number of rotatable bonds is 7. The first-order chi connectivity index (χ1) is 16.6. The van der Waals surface area contributed by atoms with Crippen molar-refractivity contribution in [2.45, 2.75) is 26.3 Å². The van der Waals surface area contributed by atoms with Crippen LogP contribution in [0.15, 0.2) is 82.5 Å². The van der Waals surface area contributed by atoms with E-state index >= 15 is 0 Å². The highest BCUT2D eigenvalue weighted by Gasteiger charge is 2.13. The lowest BCUT2D eigenvalue weighted by Crippen LogP contribution is -2.18. The first-order valence-corrected chi connectivity index (χ1v) is 11.6. The fourth-order valence-corrected chi connectivity index (χ4v) is 4.22. The van der Waals surface area contributed by atoms with Gasteiger partial charge in [0.25, 0.3) is 11.4 Å². The van der Waals surface area contributed by atoms with Crippen LogP contribution in [0.5, 0.6) is 11.5 Å². The predicted molar refractivity (Wildman–Crippen MR) is 129 cm³/mol. The van der Waals surface area contributed by atoms with E-state index < -0.39 is 0 Å². The molecule has 34 heavy (non-hydrogen) atoms. The topological polar surface area (TPSA) is 95.9 Å². The number of hydrogen-bond donors (Lipinski definition) is 0. The Balaban J connectivity index is 1.45. The van der Waals surface area contributed by atoms with Gasteiger partial charge in [-0.15, -0.1) is 10.2 Å². The molecule has 0 radical (unpaired) electrons. The van der Waals surface area contributed by atoms with Crippen LogP contribution in [0, 0.1) is 0 Å². The lowest BCUT2D eigenvalue weighted by molar-refractivity contribution is 0.429. The maximum atomic E-state index is 12.2. The highest BCUT2D eigenvalue weighted by molar-refractivity contribution is 7.14. The van der Waals surface area contributed by atoms with Gasteiger partial charge in [0.2, 0.25) is 0 Å². The summed E-state index contributed by atoms with van der Waals surface area (Å²) in [5.74, 6) is 1.98. The smallest absolute Gasteiger partial charge is 0.257 e. The average molecular weight is 472 g/mol. The summed E-state index contributed by atoms with van der Waals surface area (Å²) in [7, 11) is 0. The lowest BCUT2D eigenvalue weighted by Gasteiger charge is -2.14. The van der Waals surface area contributed by atoms with E-state index in [1.54, 1.807) is 28.2 Å². The van der Waals surface area contributed by atoms with Crippen LogP contribution in [-0.4, -0.2) is 24.9 Å². The molecule has 0 saturated carbocycles. The van der Waals surface area contributed by atoms with Crippen molar-refractivity contribution < 1.29 is 9.26 Å². The van der Waals surface area contributed by atoms with Crippen LogP contribution in [0.2, 0.25) is 0 Å². The van der Waals surface area contributed by atoms with Crippen molar-refractivity contribution in [1.29, 1.82) is 0 Å². The Morgan fingerprint density at radius 3 is 2.56 bits per heavy atom. The van der Waals surface area contributed by atoms with E-state index in [0.29, 0.717) is 29.9 Å². The minimum Gasteiger partial charge on any atom is -0.457 e. The van der Waals surface area contributed by atoms with Gasteiger partial charge in [-0.1, -0.05) is 42.5 Å². The molecule has 0 N–H and O–H groups in total. The van der Waals surface area contributed by atoms with Crippen molar-refractivity contribution in [3.8, 4) is 33.5 Å². The van der Waals surface area contributed by atoms with Crippen LogP contribution in [0.3, 0.4) is 0 Å². The van der Waals surface area contributed by atoms with E-state index in [9.17, 15) is 4.79 Å². The summed E-state index contributed by atoms with van der Waals surface area (Å²) >= 11 is 1.59. The van der Waals surface area contributed by atoms with Gasteiger partial charge < -0.3 is 13.8 Å². The highest BCUT2D eigenvalue weighted by atomic mass is 32.1. The van der Waals surface area contributed by atoms with Crippen molar-refractivity contribution in [1.82, 2.24) is 24.9 Å². The summed E-state index contributed by atoms with van der Waals surface area (Å²) in [4.78, 5) is 16.4. The Hall–Kier alpha value is -4.11. The third-order valence-corrected chi connectivity index (χ3v) is 6.45. The van der Waals surface area contributed by atoms with Gasteiger partial charge in [0.05, 0.1) is 6.54 Å². The van der Waals surface area contributed by atoms with Crippen LogP contribution >= 0.6 is 11.3 Å². The van der Waals surface area contributed by atoms with Crippen molar-refractivity contribution >= 4 is 11.3 Å². The van der Waals surface area contributed by atoms with Gasteiger partial charge in [-0.2, -0.15) is 4.98 Å². The van der Waals surface area contributed by atoms with Crippen molar-refractivity contribution in [2.75, 3.05) is 0 Å². The highest BCUT2D eigenvalue weighted by Crippen LogP contribution is 2.33. The molecular weight excluding hydrogens is 450 g/mol. The number of hydrogen-bond acceptors (Lipinski definition) is 8. The maximum Gasteiger partial charge on any atom is 0.257 e. The molecule has 0 atom stereocenters. The van der Waals surface area contributed by atoms with Crippen LogP contribution < -0.4 is 10.3 Å². The summed E-state index contributed by atoms with van der Waals surface area (Å²) in [5, 5.41) is 14.1. The summed E-state index contributed by atoms with van der Waals surface area (Å²) in [6.07, 6.45) is 3.10. The van der Waals surface area contributed by atoms with E-state index in [2.05, 4.69) is 34.2 Å². The predicted octanol–water partition coefficient (Wildman–Crippen LogP) is 5.38. The zero-order valence-corrected chi connectivity index (χ0v) is 19.4. The molecule has 5 rings (SSSR count). The Morgan fingerprint density at radius 1 is 1.03 bits per heavy atom. The lowest BCUT2D eigenvalue weighted by atomic mass is 10.1. The molecule has 0 unspecified atom stereocenters. The van der Waals surface area contributed by atoms with Gasteiger partial charge in [0.15, 0.2) is 6.33 Å². The zero-order valence-electron chi connectivity index (χ0n) is 18.6. The molecule has 0 spiro atoms. The van der Waals surface area contributed by atoms with Crippen LogP contribution in [-0.2, 0) is 6.54 Å². The average Bonchev–Trinajstić information content (AvgIpc) is 3.55. The number of nitrogens with zero attached hydrogens (tertiary/aromatic N) is 5. The quantitative estimate of drug-likeness (QED) is 0.314. The molecule has 0 aliphatic heterocycles. The fraction of sp³-hybridized carbons (Fsp3) is 0.160. The second-order valence-electron chi connectivity index (χ2n) is 7.96. The van der Waals surface area contributed by atoms with E-state index in [-0.39, 0.29) is 5.56 Å². The summed E-state index contributed by atoms with van der Waals surface area (Å²) in [5.41, 5.74) is 2.46. The first kappa shape index (κ1) is 21.7. The van der Waals surface area contributed by atoms with Crippen LogP contribution in [0.4, 0.5) is 0 Å². The summed E-state index contributed by atoms with van der Waals surface area (Å²) in [6.45, 7) is 4.57. The van der Waals surface area contributed by atoms with E-state index in [4.69, 9.17) is 9.26 Å². The van der Waals surface area contributed by atoms with Gasteiger partial charge in [-0.3, -0.25) is 4.79 Å². The molecule has 170 valence electrons. The standard InChI is InChI=1S/C25H21N5O3S/c1-16(2)24-28-29-25(34-24)17-8-10-20(11-9-17)32-21-13-18(23-26-15-27-33-23)6-7-19(21)14-30-12-4-3-5-22(30)31/h3-13,15-16H,14H2,1-2H3. The normalized spacial score (nSPS) is 11.1. The molecule has 0 bridgehead atoms. The van der Waals surface area contributed by atoms with Crippen molar-refractivity contribution in [3.63, 3.8) is 0 Å². The summed E-state index contributed by atoms with van der Waals surface area (Å²) in [6, 6.07) is 18.4. The minimum absolute atomic E-state index is 0.0865. The Kier molecular flexibility index (Phi) is 6.01. The summed E-state index contributed by atoms with van der Waals surface area (Å²) < 4.78 is 13.1. The van der Waals surface area contributed by atoms with Crippen LogP contribution in [0.25, 0.3) is 22.0 Å². The molecule has 0 aliphatic rings. The van der Waals surface area contributed by atoms with E-state index in [1.807, 2.05) is 48.5 Å². The van der Waals surface area contributed by atoms with E-state index in [0.717, 1.165) is 26.7 Å².